The molecule has 0 spiro atoms. The quantitative estimate of drug-likeness (QED) is 0.283. The van der Waals surface area contributed by atoms with Crippen molar-refractivity contribution in [1.82, 2.24) is 0 Å². The third-order valence-corrected chi connectivity index (χ3v) is 2.34. The van der Waals surface area contributed by atoms with Crippen molar-refractivity contribution < 1.29 is 48.2 Å². The van der Waals surface area contributed by atoms with Crippen molar-refractivity contribution in [3.63, 3.8) is 0 Å². The largest absolute Gasteiger partial charge is 1.00 e. The summed E-state index contributed by atoms with van der Waals surface area (Å²) in [5.41, 5.74) is 0.397. The fraction of sp³-hybridized carbons (Fsp3) is 0.222. The number of nitrogens with zero attached hydrogens (tertiary/aromatic N) is 1. The third-order valence-electron chi connectivity index (χ3n) is 1.62. The van der Waals surface area contributed by atoms with E-state index in [-0.39, 0.29) is 46.1 Å². The number of hydrogen-bond donors (Lipinski definition) is 1. The number of benzene rings is 1. The molecule has 0 amide bonds. The van der Waals surface area contributed by atoms with Crippen molar-refractivity contribution in [1.29, 1.82) is 0 Å². The van der Waals surface area contributed by atoms with Crippen molar-refractivity contribution in [3.05, 3.63) is 18.2 Å². The molecular weight excluding hydrogens is 241 g/mol. The van der Waals surface area contributed by atoms with Crippen LogP contribution in [0.25, 0.3) is 0 Å². The molecule has 0 aliphatic rings. The molecule has 0 fully saturated rings. The minimum Gasteiger partial charge on any atom is -0.862 e. The molecule has 1 rings (SSSR count). The standard InChI is InChI=1S/C9H11NO4S.Na/c1-6(11)10-7-3-4-9(15(12)13)8(5-7)14-2;/h3-5H,1-2H3,(H,10,11)(H,12,13);/q;+1/p-1. The molecule has 82 valence electrons. The van der Waals surface area contributed by atoms with Crippen molar-refractivity contribution in [3.8, 4) is 5.75 Å². The molecule has 7 heteroatoms. The zero-order valence-electron chi connectivity index (χ0n) is 9.26. The minimum atomic E-state index is -2.11. The van der Waals surface area contributed by atoms with Gasteiger partial charge < -0.3 is 14.4 Å². The predicted molar refractivity (Wildman–Crippen MR) is 54.8 cm³/mol. The van der Waals surface area contributed by atoms with Gasteiger partial charge in [-0.1, -0.05) is 0 Å². The van der Waals surface area contributed by atoms with E-state index in [1.54, 1.807) is 0 Å². The van der Waals surface area contributed by atoms with Gasteiger partial charge in [-0.2, -0.15) is 0 Å². The second-order valence-electron chi connectivity index (χ2n) is 2.72. The van der Waals surface area contributed by atoms with Crippen molar-refractivity contribution in [2.24, 2.45) is 4.99 Å². The summed E-state index contributed by atoms with van der Waals surface area (Å²) in [5, 5.41) is 10.7. The molecule has 1 atom stereocenters. The normalized spacial score (nSPS) is 12.8. The van der Waals surface area contributed by atoms with Gasteiger partial charge in [0, 0.05) is 6.07 Å². The van der Waals surface area contributed by atoms with Gasteiger partial charge in [0.05, 0.1) is 12.8 Å². The molecule has 0 aliphatic heterocycles. The topological polar surface area (TPSA) is 82.0 Å². The van der Waals surface area contributed by atoms with Crippen molar-refractivity contribution >= 4 is 22.7 Å². The van der Waals surface area contributed by atoms with Crippen LogP contribution in [0.2, 0.25) is 0 Å². The van der Waals surface area contributed by atoms with Gasteiger partial charge in [0.2, 0.25) is 0 Å². The third kappa shape index (κ3) is 4.23. The Labute approximate surface area is 118 Å². The smallest absolute Gasteiger partial charge is 0.862 e. The van der Waals surface area contributed by atoms with E-state index in [0.29, 0.717) is 5.69 Å². The van der Waals surface area contributed by atoms with E-state index in [0.717, 1.165) is 0 Å². The van der Waals surface area contributed by atoms with Gasteiger partial charge in [-0.15, -0.1) is 0 Å². The van der Waals surface area contributed by atoms with E-state index in [1.165, 1.54) is 32.2 Å². The van der Waals surface area contributed by atoms with Gasteiger partial charge in [0.1, 0.15) is 10.6 Å². The van der Waals surface area contributed by atoms with Gasteiger partial charge in [-0.3, -0.25) is 4.99 Å². The second kappa shape index (κ2) is 7.03. The maximum Gasteiger partial charge on any atom is 1.00 e. The summed E-state index contributed by atoms with van der Waals surface area (Å²) in [6, 6.07) is 4.31. The SMILES string of the molecule is COc1cc(N=C(C)[O-])ccc1S(=O)O.[Na+]. The van der Waals surface area contributed by atoms with Gasteiger partial charge >= 0.3 is 29.6 Å². The Hall–Kier alpha value is -0.400. The Balaban J connectivity index is 0.00000225. The first kappa shape index (κ1) is 15.6. The summed E-state index contributed by atoms with van der Waals surface area (Å²) < 4.78 is 24.7. The van der Waals surface area contributed by atoms with Crippen molar-refractivity contribution in [2.75, 3.05) is 7.11 Å². The molecule has 16 heavy (non-hydrogen) atoms. The van der Waals surface area contributed by atoms with Gasteiger partial charge in [0.25, 0.3) is 0 Å². The van der Waals surface area contributed by atoms with Gasteiger partial charge in [-0.25, -0.2) is 4.21 Å². The van der Waals surface area contributed by atoms with Crippen LogP contribution in [0.3, 0.4) is 0 Å². The first-order chi connectivity index (χ1) is 7.04. The maximum atomic E-state index is 10.8. The molecule has 0 saturated heterocycles. The van der Waals surface area contributed by atoms with Gasteiger partial charge in [0.15, 0.2) is 11.1 Å². The van der Waals surface area contributed by atoms with Crippen LogP contribution >= 0.6 is 0 Å². The van der Waals surface area contributed by atoms with E-state index >= 15 is 0 Å². The summed E-state index contributed by atoms with van der Waals surface area (Å²) >= 11 is -2.11. The number of rotatable bonds is 3. The van der Waals surface area contributed by atoms with Crippen molar-refractivity contribution in [2.45, 2.75) is 11.8 Å². The number of methoxy groups -OCH3 is 1. The monoisotopic (exact) mass is 251 g/mol. The maximum absolute atomic E-state index is 10.8. The van der Waals surface area contributed by atoms with E-state index < -0.39 is 11.1 Å². The van der Waals surface area contributed by atoms with E-state index in [2.05, 4.69) is 4.99 Å². The molecule has 0 heterocycles. The first-order valence-corrected chi connectivity index (χ1v) is 5.16. The summed E-state index contributed by atoms with van der Waals surface area (Å²) in [4.78, 5) is 3.82. The Morgan fingerprint density at radius 3 is 2.62 bits per heavy atom. The van der Waals surface area contributed by atoms with Gasteiger partial charge in [-0.05, 0) is 25.0 Å². The van der Waals surface area contributed by atoms with Crippen LogP contribution in [0, 0.1) is 0 Å². The van der Waals surface area contributed by atoms with Crippen LogP contribution in [0.4, 0.5) is 5.69 Å². The summed E-state index contributed by atoms with van der Waals surface area (Å²) in [6.45, 7) is 1.32. The average molecular weight is 251 g/mol. The number of hydrogen-bond acceptors (Lipinski definition) is 4. The zero-order chi connectivity index (χ0) is 11.4. The van der Waals surface area contributed by atoms with Crippen LogP contribution in [0.15, 0.2) is 28.1 Å². The fourth-order valence-corrected chi connectivity index (χ4v) is 1.55. The molecule has 0 radical (unpaired) electrons. The Kier molecular flexibility index (Phi) is 6.85. The predicted octanol–water partition coefficient (Wildman–Crippen LogP) is -2.31. The Morgan fingerprint density at radius 1 is 1.56 bits per heavy atom. The van der Waals surface area contributed by atoms with Crippen LogP contribution < -0.4 is 39.4 Å². The van der Waals surface area contributed by atoms with E-state index in [1.807, 2.05) is 0 Å². The molecule has 0 aliphatic carbocycles. The molecule has 0 bridgehead atoms. The average Bonchev–Trinajstić information content (AvgIpc) is 2.16. The summed E-state index contributed by atoms with van der Waals surface area (Å²) in [6.07, 6.45) is 0. The number of ether oxygens (including phenoxy) is 1. The number of aliphatic imine (C=N–C) groups is 1. The summed E-state index contributed by atoms with van der Waals surface area (Å²) in [5.74, 6) is -0.103. The Bertz CT molecular complexity index is 418. The molecule has 5 nitrogen and oxygen atoms in total. The molecule has 0 aromatic heterocycles. The van der Waals surface area contributed by atoms with Crippen LogP contribution in [0.1, 0.15) is 6.92 Å². The van der Waals surface area contributed by atoms with Crippen LogP contribution in [0.5, 0.6) is 5.75 Å². The fourth-order valence-electron chi connectivity index (χ4n) is 1.05. The van der Waals surface area contributed by atoms with Crippen LogP contribution in [-0.4, -0.2) is 21.8 Å². The molecule has 1 aromatic carbocycles. The first-order valence-electron chi connectivity index (χ1n) is 4.06. The Morgan fingerprint density at radius 2 is 2.19 bits per heavy atom. The molecule has 1 unspecified atom stereocenters. The summed E-state index contributed by atoms with van der Waals surface area (Å²) in [7, 11) is 1.38. The van der Waals surface area contributed by atoms with E-state index in [4.69, 9.17) is 9.29 Å². The molecule has 1 N–H and O–H groups in total. The van der Waals surface area contributed by atoms with E-state index in [9.17, 15) is 9.32 Å². The minimum absolute atomic E-state index is 0. The zero-order valence-corrected chi connectivity index (χ0v) is 12.1. The molecule has 1 aromatic rings. The molecular formula is C9H10NNaO4S. The molecule has 0 saturated carbocycles. The second-order valence-corrected chi connectivity index (χ2v) is 3.65. The van der Waals surface area contributed by atoms with Crippen LogP contribution in [-0.2, 0) is 11.1 Å².